The van der Waals surface area contributed by atoms with E-state index in [4.69, 9.17) is 15.4 Å². The minimum atomic E-state index is 0.408. The molecule has 0 amide bonds. The van der Waals surface area contributed by atoms with Gasteiger partial charge in [0.15, 0.2) is 5.82 Å². The van der Waals surface area contributed by atoms with Gasteiger partial charge < -0.3 is 15.4 Å². The molecule has 0 bridgehead atoms. The monoisotopic (exact) mass is 440 g/mol. The molecular formula is C19H16BBrN3O2S. The zero-order chi connectivity index (χ0) is 19.2. The Morgan fingerprint density at radius 2 is 1.89 bits per heavy atom. The summed E-state index contributed by atoms with van der Waals surface area (Å²) in [5.41, 5.74) is 8.65. The molecule has 0 unspecified atom stereocenters. The van der Waals surface area contributed by atoms with Gasteiger partial charge in [0, 0.05) is 21.0 Å². The predicted molar refractivity (Wildman–Crippen MR) is 115 cm³/mol. The van der Waals surface area contributed by atoms with Crippen LogP contribution in [0.25, 0.3) is 21.3 Å². The third kappa shape index (κ3) is 4.85. The lowest BCUT2D eigenvalue weighted by Gasteiger charge is -2.02. The van der Waals surface area contributed by atoms with E-state index in [-0.39, 0.29) is 0 Å². The zero-order valence-corrected chi connectivity index (χ0v) is 16.9. The first-order valence-corrected chi connectivity index (χ1v) is 9.69. The van der Waals surface area contributed by atoms with Crippen molar-refractivity contribution in [2.75, 3.05) is 5.73 Å². The third-order valence-electron chi connectivity index (χ3n) is 3.73. The minimum absolute atomic E-state index is 0.408. The number of anilines is 1. The van der Waals surface area contributed by atoms with E-state index in [2.05, 4.69) is 25.9 Å². The van der Waals surface area contributed by atoms with Crippen molar-refractivity contribution in [3.63, 3.8) is 0 Å². The summed E-state index contributed by atoms with van der Waals surface area (Å²) in [7, 11) is 0.703. The number of halogens is 1. The molecule has 0 atom stereocenters. The van der Waals surface area contributed by atoms with Crippen molar-refractivity contribution in [1.82, 2.24) is 9.97 Å². The summed E-state index contributed by atoms with van der Waals surface area (Å²) < 4.78 is 6.65. The molecule has 135 valence electrons. The van der Waals surface area contributed by atoms with E-state index in [1.54, 1.807) is 17.5 Å². The minimum Gasteiger partial charge on any atom is -0.536 e. The summed E-state index contributed by atoms with van der Waals surface area (Å²) in [5, 5.41) is 11.4. The van der Waals surface area contributed by atoms with Crippen LogP contribution in [0.5, 0.6) is 5.75 Å². The Morgan fingerprint density at radius 3 is 2.59 bits per heavy atom. The van der Waals surface area contributed by atoms with Crippen LogP contribution >= 0.6 is 27.3 Å². The molecule has 0 fully saturated rings. The summed E-state index contributed by atoms with van der Waals surface area (Å²) in [6.07, 6.45) is 1.67. The van der Waals surface area contributed by atoms with Gasteiger partial charge in [0.05, 0.1) is 11.9 Å². The van der Waals surface area contributed by atoms with Gasteiger partial charge in [-0.3, -0.25) is 0 Å². The first-order chi connectivity index (χ1) is 13.1. The van der Waals surface area contributed by atoms with Gasteiger partial charge in [-0.2, -0.15) is 0 Å². The normalized spacial score (nSPS) is 10.2. The van der Waals surface area contributed by atoms with Crippen molar-refractivity contribution in [1.29, 1.82) is 0 Å². The van der Waals surface area contributed by atoms with Crippen LogP contribution in [-0.4, -0.2) is 22.7 Å². The van der Waals surface area contributed by atoms with Gasteiger partial charge in [-0.25, -0.2) is 9.97 Å². The number of rotatable bonds is 3. The molecule has 0 spiro atoms. The second-order valence-corrected chi connectivity index (χ2v) is 7.28. The molecule has 5 nitrogen and oxygen atoms in total. The van der Waals surface area contributed by atoms with E-state index in [1.807, 2.05) is 60.8 Å². The first kappa shape index (κ1) is 19.3. The maximum atomic E-state index is 8.45. The van der Waals surface area contributed by atoms with Gasteiger partial charge in [-0.05, 0) is 35.0 Å². The van der Waals surface area contributed by atoms with E-state index in [0.717, 1.165) is 21.3 Å². The molecule has 0 aliphatic heterocycles. The number of benzene rings is 2. The van der Waals surface area contributed by atoms with E-state index in [0.29, 0.717) is 23.9 Å². The van der Waals surface area contributed by atoms with Crippen LogP contribution < -0.4 is 10.4 Å². The van der Waals surface area contributed by atoms with Crippen molar-refractivity contribution >= 4 is 50.9 Å². The highest BCUT2D eigenvalue weighted by Crippen LogP contribution is 2.31. The average molecular weight is 441 g/mol. The van der Waals surface area contributed by atoms with Crippen molar-refractivity contribution in [2.24, 2.45) is 0 Å². The van der Waals surface area contributed by atoms with Crippen LogP contribution in [0, 0.1) is 6.92 Å². The number of thiophene rings is 1. The van der Waals surface area contributed by atoms with Gasteiger partial charge in [-0.15, -0.1) is 11.3 Å². The average Bonchev–Trinajstić information content (AvgIpc) is 3.09. The van der Waals surface area contributed by atoms with Crippen molar-refractivity contribution < 1.29 is 9.68 Å². The molecule has 2 aromatic heterocycles. The SMILES string of the molecule is Cc1ccc(-c2cnc(N)c(Br)n2)cc1.O[B]Oc1csc2ccccc12. The highest BCUT2D eigenvalue weighted by Gasteiger charge is 2.04. The zero-order valence-electron chi connectivity index (χ0n) is 14.5. The molecule has 2 aromatic carbocycles. The van der Waals surface area contributed by atoms with Crippen LogP contribution in [-0.2, 0) is 0 Å². The number of hydrogen-bond acceptors (Lipinski definition) is 6. The third-order valence-corrected chi connectivity index (χ3v) is 5.25. The van der Waals surface area contributed by atoms with Crippen LogP contribution in [0.2, 0.25) is 0 Å². The van der Waals surface area contributed by atoms with Crippen LogP contribution in [0.1, 0.15) is 5.56 Å². The lowest BCUT2D eigenvalue weighted by Crippen LogP contribution is -1.98. The number of fused-ring (bicyclic) bond motifs is 1. The van der Waals surface area contributed by atoms with Crippen molar-refractivity contribution in [3.8, 4) is 17.0 Å². The Labute approximate surface area is 170 Å². The van der Waals surface area contributed by atoms with Crippen LogP contribution in [0.15, 0.2) is 64.7 Å². The van der Waals surface area contributed by atoms with Gasteiger partial charge in [0.1, 0.15) is 10.4 Å². The summed E-state index contributed by atoms with van der Waals surface area (Å²) in [6.45, 7) is 2.05. The van der Waals surface area contributed by atoms with Crippen molar-refractivity contribution in [3.05, 3.63) is 70.3 Å². The molecule has 4 aromatic rings. The Hall–Kier alpha value is -2.42. The first-order valence-electron chi connectivity index (χ1n) is 8.02. The highest BCUT2D eigenvalue weighted by atomic mass is 79.9. The fraction of sp³-hybridized carbons (Fsp3) is 0.0526. The smallest absolute Gasteiger partial charge is 0.536 e. The molecule has 0 aliphatic rings. The quantitative estimate of drug-likeness (QED) is 0.455. The fourth-order valence-corrected chi connectivity index (χ4v) is 3.50. The highest BCUT2D eigenvalue weighted by molar-refractivity contribution is 9.10. The Kier molecular flexibility index (Phi) is 6.44. The molecule has 2 heterocycles. The van der Waals surface area contributed by atoms with Crippen molar-refractivity contribution in [2.45, 2.75) is 6.92 Å². The standard InChI is InChI=1S/C11H10BrN3.C8H6BO2S/c1-7-2-4-8(5-3-7)9-6-14-11(13)10(12)15-9;10-9-11-7-5-12-8-4-2-1-3-6(7)8/h2-6H,1H3,(H2,13,14);1-5,10H. The van der Waals surface area contributed by atoms with E-state index in [1.165, 1.54) is 5.56 Å². The van der Waals surface area contributed by atoms with Crippen LogP contribution in [0.3, 0.4) is 0 Å². The molecule has 0 saturated heterocycles. The number of aryl methyl sites for hydroxylation is 1. The van der Waals surface area contributed by atoms with Gasteiger partial charge in [-0.1, -0.05) is 42.0 Å². The molecule has 0 saturated carbocycles. The number of nitrogens with zero attached hydrogens (tertiary/aromatic N) is 2. The maximum Gasteiger partial charge on any atom is 0.569 e. The molecule has 4 rings (SSSR count). The topological polar surface area (TPSA) is 81.3 Å². The lowest BCUT2D eigenvalue weighted by molar-refractivity contribution is 0.457. The summed E-state index contributed by atoms with van der Waals surface area (Å²) >= 11 is 4.86. The summed E-state index contributed by atoms with van der Waals surface area (Å²) in [5.74, 6) is 1.11. The Morgan fingerprint density at radius 1 is 1.15 bits per heavy atom. The predicted octanol–water partition coefficient (Wildman–Crippen LogP) is 4.60. The molecular weight excluding hydrogens is 425 g/mol. The van der Waals surface area contributed by atoms with E-state index >= 15 is 0 Å². The molecule has 8 heteroatoms. The Bertz CT molecular complexity index is 1040. The van der Waals surface area contributed by atoms with Gasteiger partial charge in [0.2, 0.25) is 0 Å². The second-order valence-electron chi connectivity index (χ2n) is 5.62. The fourth-order valence-electron chi connectivity index (χ4n) is 2.34. The van der Waals surface area contributed by atoms with Gasteiger partial charge >= 0.3 is 7.69 Å². The van der Waals surface area contributed by atoms with E-state index in [9.17, 15) is 0 Å². The number of hydrogen-bond donors (Lipinski definition) is 2. The Balaban J connectivity index is 0.000000159. The largest absolute Gasteiger partial charge is 0.569 e. The molecule has 0 aliphatic carbocycles. The number of nitrogens with two attached hydrogens (primary N) is 1. The molecule has 1 radical (unpaired) electrons. The summed E-state index contributed by atoms with van der Waals surface area (Å²) in [6, 6.07) is 16.0. The lowest BCUT2D eigenvalue weighted by atomic mass is 10.1. The number of nitrogen functional groups attached to an aromatic ring is 1. The number of aromatic nitrogens is 2. The molecule has 27 heavy (non-hydrogen) atoms. The molecule has 3 N–H and O–H groups in total. The maximum absolute atomic E-state index is 8.45. The second kappa shape index (κ2) is 8.99. The van der Waals surface area contributed by atoms with E-state index < -0.39 is 0 Å². The van der Waals surface area contributed by atoms with Crippen LogP contribution in [0.4, 0.5) is 5.82 Å². The summed E-state index contributed by atoms with van der Waals surface area (Å²) in [4.78, 5) is 8.35. The van der Waals surface area contributed by atoms with Gasteiger partial charge in [0.25, 0.3) is 0 Å².